The van der Waals surface area contributed by atoms with E-state index in [0.29, 0.717) is 12.2 Å². The molecule has 3 rings (SSSR count). The van der Waals surface area contributed by atoms with E-state index in [1.165, 1.54) is 16.7 Å². The van der Waals surface area contributed by atoms with Crippen LogP contribution in [0, 0.1) is 13.8 Å². The molecule has 1 N–H and O–H groups in total. The lowest BCUT2D eigenvalue weighted by molar-refractivity contribution is -0.105. The molecule has 0 saturated carbocycles. The van der Waals surface area contributed by atoms with Crippen molar-refractivity contribution < 1.29 is 4.79 Å². The molecule has 0 saturated heterocycles. The van der Waals surface area contributed by atoms with Crippen molar-refractivity contribution in [1.29, 1.82) is 0 Å². The van der Waals surface area contributed by atoms with Crippen LogP contribution in [0.25, 0.3) is 16.8 Å². The third-order valence-corrected chi connectivity index (χ3v) is 3.43. The summed E-state index contributed by atoms with van der Waals surface area (Å²) < 4.78 is 1.92. The van der Waals surface area contributed by atoms with E-state index in [1.54, 1.807) is 6.20 Å². The summed E-state index contributed by atoms with van der Waals surface area (Å²) in [6, 6.07) is 10.3. The summed E-state index contributed by atoms with van der Waals surface area (Å²) in [6.45, 7) is 4.22. The standard InChI is InChI=1S/C16H15N3O/c1-11-4-3-5-12(2)16(11)13-6-7-15-18-14(17-10-20)9-19(15)8-13/h3-10H,1-2H3,(H,17,20). The van der Waals surface area contributed by atoms with Crippen LogP contribution in [0.1, 0.15) is 11.1 Å². The number of imidazole rings is 1. The summed E-state index contributed by atoms with van der Waals surface area (Å²) in [4.78, 5) is 14.8. The molecule has 3 aromatic rings. The Bertz CT molecular complexity index is 769. The molecule has 2 aromatic heterocycles. The van der Waals surface area contributed by atoms with Gasteiger partial charge in [-0.2, -0.15) is 0 Å². The summed E-state index contributed by atoms with van der Waals surface area (Å²) >= 11 is 0. The molecule has 0 aliphatic rings. The van der Waals surface area contributed by atoms with Gasteiger partial charge in [-0.15, -0.1) is 0 Å². The molecule has 0 radical (unpaired) electrons. The van der Waals surface area contributed by atoms with E-state index in [4.69, 9.17) is 0 Å². The number of anilines is 1. The molecule has 1 aromatic carbocycles. The fourth-order valence-corrected chi connectivity index (χ4v) is 2.54. The SMILES string of the molecule is Cc1cccc(C)c1-c1ccc2nc(NC=O)cn2c1. The second-order valence-corrected chi connectivity index (χ2v) is 4.84. The average Bonchev–Trinajstić information content (AvgIpc) is 2.80. The van der Waals surface area contributed by atoms with E-state index in [0.717, 1.165) is 11.2 Å². The van der Waals surface area contributed by atoms with Gasteiger partial charge in [0.15, 0.2) is 5.82 Å². The number of aryl methyl sites for hydroxylation is 2. The van der Waals surface area contributed by atoms with Crippen LogP contribution < -0.4 is 5.32 Å². The van der Waals surface area contributed by atoms with Gasteiger partial charge >= 0.3 is 0 Å². The molecule has 0 bridgehead atoms. The Balaban J connectivity index is 2.15. The number of fused-ring (bicyclic) bond motifs is 1. The number of hydrogen-bond donors (Lipinski definition) is 1. The monoisotopic (exact) mass is 265 g/mol. The molecule has 1 amide bonds. The highest BCUT2D eigenvalue weighted by atomic mass is 16.1. The minimum Gasteiger partial charge on any atom is -0.312 e. The third kappa shape index (κ3) is 2.05. The smallest absolute Gasteiger partial charge is 0.212 e. The van der Waals surface area contributed by atoms with Crippen molar-refractivity contribution in [2.45, 2.75) is 13.8 Å². The molecular weight excluding hydrogens is 250 g/mol. The fraction of sp³-hybridized carbons (Fsp3) is 0.125. The lowest BCUT2D eigenvalue weighted by Crippen LogP contribution is -1.92. The van der Waals surface area contributed by atoms with E-state index in [9.17, 15) is 4.79 Å². The number of nitrogens with one attached hydrogen (secondary N) is 1. The van der Waals surface area contributed by atoms with E-state index >= 15 is 0 Å². The van der Waals surface area contributed by atoms with Crippen LogP contribution >= 0.6 is 0 Å². The quantitative estimate of drug-likeness (QED) is 0.739. The topological polar surface area (TPSA) is 46.4 Å². The summed E-state index contributed by atoms with van der Waals surface area (Å²) in [5.74, 6) is 0.554. The lowest BCUT2D eigenvalue weighted by Gasteiger charge is -2.10. The first-order valence-corrected chi connectivity index (χ1v) is 6.44. The zero-order chi connectivity index (χ0) is 14.1. The summed E-state index contributed by atoms with van der Waals surface area (Å²) in [5.41, 5.74) is 5.69. The Morgan fingerprint density at radius 1 is 1.10 bits per heavy atom. The van der Waals surface area contributed by atoms with Crippen molar-refractivity contribution in [2.24, 2.45) is 0 Å². The van der Waals surface area contributed by atoms with E-state index in [2.05, 4.69) is 48.4 Å². The van der Waals surface area contributed by atoms with Crippen LogP contribution in [0.2, 0.25) is 0 Å². The molecule has 0 atom stereocenters. The van der Waals surface area contributed by atoms with Gasteiger partial charge in [0.25, 0.3) is 0 Å². The fourth-order valence-electron chi connectivity index (χ4n) is 2.54. The highest BCUT2D eigenvalue weighted by molar-refractivity contribution is 5.73. The maximum atomic E-state index is 10.5. The van der Waals surface area contributed by atoms with Gasteiger partial charge in [-0.05, 0) is 48.2 Å². The zero-order valence-corrected chi connectivity index (χ0v) is 11.4. The van der Waals surface area contributed by atoms with Crippen molar-refractivity contribution in [3.63, 3.8) is 0 Å². The van der Waals surface area contributed by atoms with E-state index < -0.39 is 0 Å². The molecule has 0 fully saturated rings. The zero-order valence-electron chi connectivity index (χ0n) is 11.4. The van der Waals surface area contributed by atoms with Crippen LogP contribution in [0.5, 0.6) is 0 Å². The summed E-state index contributed by atoms with van der Waals surface area (Å²) in [6.07, 6.45) is 4.47. The molecular formula is C16H15N3O. The number of carbonyl (C=O) groups is 1. The number of pyridine rings is 1. The summed E-state index contributed by atoms with van der Waals surface area (Å²) in [5, 5.41) is 2.57. The Hall–Kier alpha value is -2.62. The third-order valence-electron chi connectivity index (χ3n) is 3.43. The normalized spacial score (nSPS) is 10.7. The van der Waals surface area contributed by atoms with Crippen LogP contribution in [0.15, 0.2) is 42.7 Å². The Kier molecular flexibility index (Phi) is 2.99. The van der Waals surface area contributed by atoms with Gasteiger partial charge in [0.2, 0.25) is 6.41 Å². The van der Waals surface area contributed by atoms with Crippen molar-refractivity contribution >= 4 is 17.9 Å². The van der Waals surface area contributed by atoms with E-state index in [-0.39, 0.29) is 0 Å². The van der Waals surface area contributed by atoms with Crippen LogP contribution in [-0.4, -0.2) is 15.8 Å². The Labute approximate surface area is 117 Å². The van der Waals surface area contributed by atoms with E-state index in [1.807, 2.05) is 16.7 Å². The van der Waals surface area contributed by atoms with Crippen molar-refractivity contribution in [1.82, 2.24) is 9.38 Å². The largest absolute Gasteiger partial charge is 0.312 e. The van der Waals surface area contributed by atoms with Crippen LogP contribution in [0.4, 0.5) is 5.82 Å². The van der Waals surface area contributed by atoms with Gasteiger partial charge in [0.1, 0.15) is 5.65 Å². The Morgan fingerprint density at radius 2 is 1.85 bits per heavy atom. The number of aromatic nitrogens is 2. The molecule has 100 valence electrons. The molecule has 0 aliphatic carbocycles. The van der Waals surface area contributed by atoms with Gasteiger partial charge in [0, 0.05) is 6.20 Å². The van der Waals surface area contributed by atoms with Gasteiger partial charge in [-0.3, -0.25) is 4.79 Å². The van der Waals surface area contributed by atoms with Gasteiger partial charge in [-0.1, -0.05) is 18.2 Å². The van der Waals surface area contributed by atoms with Gasteiger partial charge in [-0.25, -0.2) is 4.98 Å². The van der Waals surface area contributed by atoms with Crippen molar-refractivity contribution in [2.75, 3.05) is 5.32 Å². The lowest BCUT2D eigenvalue weighted by atomic mass is 9.97. The number of hydrogen-bond acceptors (Lipinski definition) is 2. The molecule has 0 aliphatic heterocycles. The maximum Gasteiger partial charge on any atom is 0.212 e. The number of rotatable bonds is 3. The minimum atomic E-state index is 0.554. The molecule has 0 spiro atoms. The highest BCUT2D eigenvalue weighted by Gasteiger charge is 2.07. The minimum absolute atomic E-state index is 0.554. The highest BCUT2D eigenvalue weighted by Crippen LogP contribution is 2.27. The van der Waals surface area contributed by atoms with Crippen LogP contribution in [0.3, 0.4) is 0 Å². The molecule has 20 heavy (non-hydrogen) atoms. The second-order valence-electron chi connectivity index (χ2n) is 4.84. The molecule has 4 heteroatoms. The average molecular weight is 265 g/mol. The number of carbonyl (C=O) groups excluding carboxylic acids is 1. The molecule has 0 unspecified atom stereocenters. The second kappa shape index (κ2) is 4.81. The van der Waals surface area contributed by atoms with Gasteiger partial charge in [0.05, 0.1) is 6.20 Å². The van der Waals surface area contributed by atoms with Crippen LogP contribution in [-0.2, 0) is 4.79 Å². The Morgan fingerprint density at radius 3 is 2.55 bits per heavy atom. The summed E-state index contributed by atoms with van der Waals surface area (Å²) in [7, 11) is 0. The molecule has 2 heterocycles. The van der Waals surface area contributed by atoms with Crippen molar-refractivity contribution in [3.05, 3.63) is 53.9 Å². The first-order chi connectivity index (χ1) is 9.69. The molecule has 4 nitrogen and oxygen atoms in total. The predicted octanol–water partition coefficient (Wildman–Crippen LogP) is 3.19. The van der Waals surface area contributed by atoms with Crippen molar-refractivity contribution in [3.8, 4) is 11.1 Å². The predicted molar refractivity (Wildman–Crippen MR) is 79.8 cm³/mol. The number of amides is 1. The number of nitrogens with zero attached hydrogens (tertiary/aromatic N) is 2. The number of benzene rings is 1. The first kappa shape index (κ1) is 12.4. The van der Waals surface area contributed by atoms with Gasteiger partial charge < -0.3 is 9.72 Å². The first-order valence-electron chi connectivity index (χ1n) is 6.44. The maximum absolute atomic E-state index is 10.5.